The topological polar surface area (TPSA) is 54.7 Å². The van der Waals surface area contributed by atoms with Crippen LogP contribution in [-0.2, 0) is 17.5 Å². The van der Waals surface area contributed by atoms with E-state index in [2.05, 4.69) is 0 Å². The number of hydrogen-bond donors (Lipinski definition) is 1. The average molecular weight is 384 g/mol. The van der Waals surface area contributed by atoms with Gasteiger partial charge in [-0.1, -0.05) is 18.2 Å². The van der Waals surface area contributed by atoms with E-state index in [1.54, 1.807) is 29.9 Å². The number of carbonyl (C=O) groups is 1. The van der Waals surface area contributed by atoms with Crippen molar-refractivity contribution in [3.05, 3.63) is 35.5 Å². The number of nitrogens with zero attached hydrogens (tertiary/aromatic N) is 2. The SMILES string of the molecule is COCCCn1c(C2CCCN(C(=O)O)C2)c(C(F)(F)F)c2ccccc21. The second-order valence-electron chi connectivity index (χ2n) is 6.84. The van der Waals surface area contributed by atoms with Gasteiger partial charge in [-0.15, -0.1) is 0 Å². The average Bonchev–Trinajstić information content (AvgIpc) is 2.97. The van der Waals surface area contributed by atoms with Crippen LogP contribution < -0.4 is 0 Å². The highest BCUT2D eigenvalue weighted by molar-refractivity contribution is 5.86. The molecule has 1 aromatic heterocycles. The molecule has 2 aromatic rings. The summed E-state index contributed by atoms with van der Waals surface area (Å²) >= 11 is 0. The number of alkyl halides is 3. The predicted molar refractivity (Wildman–Crippen MR) is 95.0 cm³/mol. The molecule has 1 saturated heterocycles. The number of likely N-dealkylation sites (tertiary alicyclic amines) is 1. The van der Waals surface area contributed by atoms with Gasteiger partial charge in [-0.3, -0.25) is 0 Å². The molecule has 2 heterocycles. The minimum absolute atomic E-state index is 0.0824. The first-order valence-electron chi connectivity index (χ1n) is 8.99. The zero-order valence-corrected chi connectivity index (χ0v) is 15.1. The number of fused-ring (bicyclic) bond motifs is 1. The Labute approximate surface area is 155 Å². The zero-order chi connectivity index (χ0) is 19.6. The number of aryl methyl sites for hydroxylation is 1. The summed E-state index contributed by atoms with van der Waals surface area (Å²) in [6.45, 7) is 1.28. The first-order chi connectivity index (χ1) is 12.8. The Balaban J connectivity index is 2.15. The highest BCUT2D eigenvalue weighted by Crippen LogP contribution is 2.44. The number of rotatable bonds is 5. The van der Waals surface area contributed by atoms with E-state index in [0.29, 0.717) is 44.5 Å². The summed E-state index contributed by atoms with van der Waals surface area (Å²) in [6, 6.07) is 6.51. The zero-order valence-electron chi connectivity index (χ0n) is 15.1. The number of aromatic nitrogens is 1. The van der Waals surface area contributed by atoms with E-state index < -0.39 is 23.8 Å². The smallest absolute Gasteiger partial charge is 0.418 e. The second-order valence-corrected chi connectivity index (χ2v) is 6.84. The van der Waals surface area contributed by atoms with Crippen LogP contribution in [0.5, 0.6) is 0 Å². The van der Waals surface area contributed by atoms with Crippen molar-refractivity contribution in [2.45, 2.75) is 37.9 Å². The predicted octanol–water partition coefficient (Wildman–Crippen LogP) is 4.55. The van der Waals surface area contributed by atoms with Crippen LogP contribution in [0, 0.1) is 0 Å². The molecule has 0 radical (unpaired) electrons. The first kappa shape index (κ1) is 19.5. The fourth-order valence-electron chi connectivity index (χ4n) is 4.03. The summed E-state index contributed by atoms with van der Waals surface area (Å²) in [7, 11) is 1.56. The number of piperidine rings is 1. The lowest BCUT2D eigenvalue weighted by molar-refractivity contribution is -0.137. The normalized spacial score (nSPS) is 18.2. The summed E-state index contributed by atoms with van der Waals surface area (Å²) < 4.78 is 48.8. The molecule has 5 nitrogen and oxygen atoms in total. The van der Waals surface area contributed by atoms with E-state index in [1.807, 2.05) is 0 Å². The van der Waals surface area contributed by atoms with Crippen molar-refractivity contribution in [3.63, 3.8) is 0 Å². The van der Waals surface area contributed by atoms with Crippen LogP contribution in [0.1, 0.15) is 36.4 Å². The largest absolute Gasteiger partial charge is 0.465 e. The Morgan fingerprint density at radius 3 is 2.74 bits per heavy atom. The number of halogens is 3. The third kappa shape index (κ3) is 3.90. The van der Waals surface area contributed by atoms with Crippen LogP contribution in [0.4, 0.5) is 18.0 Å². The summed E-state index contributed by atoms with van der Waals surface area (Å²) in [5.74, 6) is -0.485. The second kappa shape index (κ2) is 7.80. The number of ether oxygens (including phenoxy) is 1. The van der Waals surface area contributed by atoms with Crippen LogP contribution >= 0.6 is 0 Å². The molecule has 0 saturated carbocycles. The molecule has 0 bridgehead atoms. The number of methoxy groups -OCH3 is 1. The van der Waals surface area contributed by atoms with Gasteiger partial charge >= 0.3 is 12.3 Å². The Bertz CT molecular complexity index is 816. The van der Waals surface area contributed by atoms with Gasteiger partial charge in [0.1, 0.15) is 0 Å². The lowest BCUT2D eigenvalue weighted by Crippen LogP contribution is -2.39. The minimum Gasteiger partial charge on any atom is -0.465 e. The molecule has 3 rings (SSSR count). The van der Waals surface area contributed by atoms with Crippen LogP contribution in [-0.4, -0.2) is 47.5 Å². The van der Waals surface area contributed by atoms with Crippen molar-refractivity contribution in [2.75, 3.05) is 26.8 Å². The van der Waals surface area contributed by atoms with Crippen molar-refractivity contribution >= 4 is 17.0 Å². The van der Waals surface area contributed by atoms with Crippen LogP contribution in [0.2, 0.25) is 0 Å². The van der Waals surface area contributed by atoms with E-state index in [1.165, 1.54) is 11.0 Å². The highest BCUT2D eigenvalue weighted by Gasteiger charge is 2.41. The summed E-state index contributed by atoms with van der Waals surface area (Å²) in [5.41, 5.74) is 0.0990. The molecule has 0 aliphatic carbocycles. The van der Waals surface area contributed by atoms with Gasteiger partial charge < -0.3 is 19.3 Å². The van der Waals surface area contributed by atoms with Crippen LogP contribution in [0.3, 0.4) is 0 Å². The quantitative estimate of drug-likeness (QED) is 0.770. The van der Waals surface area contributed by atoms with Crippen molar-refractivity contribution in [1.29, 1.82) is 0 Å². The fraction of sp³-hybridized carbons (Fsp3) is 0.526. The van der Waals surface area contributed by atoms with E-state index in [9.17, 15) is 23.1 Å². The first-order valence-corrected chi connectivity index (χ1v) is 8.99. The monoisotopic (exact) mass is 384 g/mol. The van der Waals surface area contributed by atoms with Gasteiger partial charge in [0.2, 0.25) is 0 Å². The Hall–Kier alpha value is -2.22. The highest BCUT2D eigenvalue weighted by atomic mass is 19.4. The molecular weight excluding hydrogens is 361 g/mol. The Kier molecular flexibility index (Phi) is 5.64. The van der Waals surface area contributed by atoms with Gasteiger partial charge in [0, 0.05) is 55.9 Å². The lowest BCUT2D eigenvalue weighted by Gasteiger charge is -2.32. The number of benzene rings is 1. The molecule has 1 aliphatic rings. The Morgan fingerprint density at radius 1 is 1.33 bits per heavy atom. The lowest BCUT2D eigenvalue weighted by atomic mass is 9.91. The molecule has 1 fully saturated rings. The van der Waals surface area contributed by atoms with E-state index in [0.717, 1.165) is 0 Å². The van der Waals surface area contributed by atoms with Crippen LogP contribution in [0.25, 0.3) is 10.9 Å². The number of para-hydroxylation sites is 1. The molecule has 8 heteroatoms. The van der Waals surface area contributed by atoms with E-state index in [-0.39, 0.29) is 17.6 Å². The maximum Gasteiger partial charge on any atom is 0.418 e. The van der Waals surface area contributed by atoms with E-state index in [4.69, 9.17) is 4.74 Å². The van der Waals surface area contributed by atoms with Gasteiger partial charge in [0.25, 0.3) is 0 Å². The van der Waals surface area contributed by atoms with E-state index >= 15 is 0 Å². The number of amides is 1. The standard InChI is InChI=1S/C19H23F3N2O3/c1-27-11-5-10-24-15-8-3-2-7-14(15)16(19(20,21)22)17(24)13-6-4-9-23(12-13)18(25)26/h2-3,7-8,13H,4-6,9-12H2,1H3,(H,25,26). The maximum absolute atomic E-state index is 14.0. The van der Waals surface area contributed by atoms with Gasteiger partial charge in [-0.05, 0) is 25.3 Å². The number of carboxylic acid groups (broad SMARTS) is 1. The molecule has 148 valence electrons. The summed E-state index contributed by atoms with van der Waals surface area (Å²) in [4.78, 5) is 12.6. The van der Waals surface area contributed by atoms with Gasteiger partial charge in [-0.2, -0.15) is 13.2 Å². The molecule has 1 N–H and O–H groups in total. The van der Waals surface area contributed by atoms with Crippen molar-refractivity contribution < 1.29 is 27.8 Å². The molecule has 0 spiro atoms. The van der Waals surface area contributed by atoms with Crippen molar-refractivity contribution in [1.82, 2.24) is 9.47 Å². The fourth-order valence-corrected chi connectivity index (χ4v) is 4.03. The number of hydrogen-bond acceptors (Lipinski definition) is 2. The van der Waals surface area contributed by atoms with Gasteiger partial charge in [0.05, 0.1) is 5.56 Å². The summed E-state index contributed by atoms with van der Waals surface area (Å²) in [5, 5.41) is 9.47. The molecule has 1 amide bonds. The summed E-state index contributed by atoms with van der Waals surface area (Å²) in [6.07, 6.45) is -3.93. The van der Waals surface area contributed by atoms with Crippen molar-refractivity contribution in [3.8, 4) is 0 Å². The molecule has 1 aromatic carbocycles. The van der Waals surface area contributed by atoms with Gasteiger partial charge in [0.15, 0.2) is 0 Å². The molecule has 27 heavy (non-hydrogen) atoms. The molecule has 1 atom stereocenters. The third-order valence-corrected chi connectivity index (χ3v) is 5.10. The van der Waals surface area contributed by atoms with Crippen LogP contribution in [0.15, 0.2) is 24.3 Å². The molecule has 1 aliphatic heterocycles. The third-order valence-electron chi connectivity index (χ3n) is 5.10. The minimum atomic E-state index is -4.51. The molecular formula is C19H23F3N2O3. The Morgan fingerprint density at radius 2 is 2.07 bits per heavy atom. The van der Waals surface area contributed by atoms with Gasteiger partial charge in [-0.25, -0.2) is 4.79 Å². The maximum atomic E-state index is 14.0. The molecule has 1 unspecified atom stereocenters. The van der Waals surface area contributed by atoms with Crippen molar-refractivity contribution in [2.24, 2.45) is 0 Å².